The third-order valence-corrected chi connectivity index (χ3v) is 5.99. The molecule has 0 radical (unpaired) electrons. The summed E-state index contributed by atoms with van der Waals surface area (Å²) in [6.07, 6.45) is 1.39. The lowest BCUT2D eigenvalue weighted by Crippen LogP contribution is -2.42. The van der Waals surface area contributed by atoms with E-state index in [2.05, 4.69) is 53.7 Å². The number of hydrogen-bond donors (Lipinski definition) is 0. The van der Waals surface area contributed by atoms with Gasteiger partial charge in [0.25, 0.3) is 0 Å². The van der Waals surface area contributed by atoms with Gasteiger partial charge in [0.15, 0.2) is 5.76 Å². The molecule has 0 saturated heterocycles. The summed E-state index contributed by atoms with van der Waals surface area (Å²) in [5.74, 6) is 1.47. The van der Waals surface area contributed by atoms with Crippen molar-refractivity contribution in [1.82, 2.24) is 5.16 Å². The van der Waals surface area contributed by atoms with Gasteiger partial charge in [0.2, 0.25) is 5.60 Å². The van der Waals surface area contributed by atoms with Crippen LogP contribution >= 0.6 is 0 Å². The van der Waals surface area contributed by atoms with Crippen LogP contribution < -0.4 is 9.47 Å². The van der Waals surface area contributed by atoms with Crippen molar-refractivity contribution in [2.75, 3.05) is 6.61 Å². The van der Waals surface area contributed by atoms with E-state index in [1.807, 2.05) is 19.1 Å². The van der Waals surface area contributed by atoms with E-state index in [9.17, 15) is 4.79 Å². The van der Waals surface area contributed by atoms with Gasteiger partial charge in [0.05, 0.1) is 6.61 Å². The van der Waals surface area contributed by atoms with Gasteiger partial charge in [-0.1, -0.05) is 66.7 Å². The predicted octanol–water partition coefficient (Wildman–Crippen LogP) is 6.62. The normalized spacial score (nSPS) is 12.5. The molecule has 4 aromatic rings. The highest BCUT2D eigenvalue weighted by atomic mass is 16.6. The first-order valence-corrected chi connectivity index (χ1v) is 12.2. The van der Waals surface area contributed by atoms with Crippen molar-refractivity contribution >= 4 is 5.97 Å². The summed E-state index contributed by atoms with van der Waals surface area (Å²) in [6, 6.07) is 27.7. The SMILES string of the molecule is CCOC(=O)C(C)(CC)Oc1ccc(OCc2cc(-c3ccc(Cc4ccccc4)cc3)no2)cc1. The van der Waals surface area contributed by atoms with Gasteiger partial charge in [-0.15, -0.1) is 0 Å². The fourth-order valence-electron chi connectivity index (χ4n) is 3.70. The van der Waals surface area contributed by atoms with E-state index in [1.165, 1.54) is 11.1 Å². The highest BCUT2D eigenvalue weighted by Gasteiger charge is 2.35. The topological polar surface area (TPSA) is 70.8 Å². The molecule has 3 aromatic carbocycles. The first-order valence-electron chi connectivity index (χ1n) is 12.2. The van der Waals surface area contributed by atoms with Crippen LogP contribution in [0.25, 0.3) is 11.3 Å². The van der Waals surface area contributed by atoms with Crippen LogP contribution in [0.3, 0.4) is 0 Å². The average molecular weight is 486 g/mol. The summed E-state index contributed by atoms with van der Waals surface area (Å²) in [5, 5.41) is 4.19. The van der Waals surface area contributed by atoms with Crippen molar-refractivity contribution in [3.63, 3.8) is 0 Å². The molecule has 6 heteroatoms. The van der Waals surface area contributed by atoms with E-state index in [-0.39, 0.29) is 12.6 Å². The molecule has 0 N–H and O–H groups in total. The Morgan fingerprint density at radius 3 is 2.22 bits per heavy atom. The van der Waals surface area contributed by atoms with E-state index in [0.717, 1.165) is 17.7 Å². The van der Waals surface area contributed by atoms with E-state index in [4.69, 9.17) is 18.7 Å². The molecule has 0 fully saturated rings. The summed E-state index contributed by atoms with van der Waals surface area (Å²) >= 11 is 0. The van der Waals surface area contributed by atoms with Crippen LogP contribution in [0.4, 0.5) is 0 Å². The van der Waals surface area contributed by atoms with E-state index in [1.54, 1.807) is 38.1 Å². The van der Waals surface area contributed by atoms with Crippen molar-refractivity contribution < 1.29 is 23.5 Å². The molecule has 0 aliphatic heterocycles. The smallest absolute Gasteiger partial charge is 0.350 e. The minimum absolute atomic E-state index is 0.245. The highest BCUT2D eigenvalue weighted by molar-refractivity contribution is 5.79. The van der Waals surface area contributed by atoms with Gasteiger partial charge in [0.1, 0.15) is 23.8 Å². The lowest BCUT2D eigenvalue weighted by molar-refractivity contribution is -0.160. The summed E-state index contributed by atoms with van der Waals surface area (Å²) in [5.41, 5.74) is 3.24. The Bertz CT molecular complexity index is 1250. The molecule has 6 nitrogen and oxygen atoms in total. The molecule has 0 saturated carbocycles. The Kier molecular flexibility index (Phi) is 8.06. The lowest BCUT2D eigenvalue weighted by atomic mass is 10.0. The van der Waals surface area contributed by atoms with Crippen molar-refractivity contribution in [2.24, 2.45) is 0 Å². The first kappa shape index (κ1) is 25.0. The van der Waals surface area contributed by atoms with Gasteiger partial charge < -0.3 is 18.7 Å². The van der Waals surface area contributed by atoms with Gasteiger partial charge in [-0.2, -0.15) is 0 Å². The number of carbonyl (C=O) groups is 1. The number of aromatic nitrogens is 1. The minimum Gasteiger partial charge on any atom is -0.486 e. The molecule has 1 heterocycles. The second-order valence-corrected chi connectivity index (χ2v) is 8.70. The Balaban J connectivity index is 1.32. The predicted molar refractivity (Wildman–Crippen MR) is 138 cm³/mol. The standard InChI is InChI=1S/C30H31NO5/c1-4-30(3,29(32)33-5-2)35-26-17-15-25(16-18-26)34-21-27-20-28(31-36-27)24-13-11-23(12-14-24)19-22-9-7-6-8-10-22/h6-18,20H,4-5,19,21H2,1-3H3. The maximum absolute atomic E-state index is 12.2. The number of carbonyl (C=O) groups excluding carboxylic acids is 1. The van der Waals surface area contributed by atoms with Gasteiger partial charge in [-0.25, -0.2) is 4.79 Å². The zero-order valence-electron chi connectivity index (χ0n) is 20.9. The van der Waals surface area contributed by atoms with Crippen molar-refractivity contribution in [2.45, 2.75) is 45.8 Å². The Labute approximate surface area is 211 Å². The Morgan fingerprint density at radius 2 is 1.56 bits per heavy atom. The molecule has 4 rings (SSSR count). The number of rotatable bonds is 11. The molecule has 0 bridgehead atoms. The van der Waals surface area contributed by atoms with Crippen LogP contribution in [-0.2, 0) is 22.6 Å². The third kappa shape index (κ3) is 6.33. The third-order valence-electron chi connectivity index (χ3n) is 5.99. The molecule has 0 aliphatic rings. The number of hydrogen-bond acceptors (Lipinski definition) is 6. The molecule has 0 spiro atoms. The van der Waals surface area contributed by atoms with Crippen LogP contribution in [-0.4, -0.2) is 23.3 Å². The van der Waals surface area contributed by atoms with Crippen LogP contribution in [0.15, 0.2) is 89.5 Å². The number of benzene rings is 3. The van der Waals surface area contributed by atoms with Crippen LogP contribution in [0.5, 0.6) is 11.5 Å². The van der Waals surface area contributed by atoms with Crippen molar-refractivity contribution in [3.8, 4) is 22.8 Å². The van der Waals surface area contributed by atoms with Crippen LogP contribution in [0.2, 0.25) is 0 Å². The molecule has 1 atom stereocenters. The van der Waals surface area contributed by atoms with Gasteiger partial charge >= 0.3 is 5.97 Å². The molecule has 1 unspecified atom stereocenters. The van der Waals surface area contributed by atoms with E-state index in [0.29, 0.717) is 30.3 Å². The minimum atomic E-state index is -1.03. The molecule has 1 aromatic heterocycles. The van der Waals surface area contributed by atoms with E-state index < -0.39 is 5.60 Å². The summed E-state index contributed by atoms with van der Waals surface area (Å²) in [7, 11) is 0. The zero-order valence-corrected chi connectivity index (χ0v) is 20.9. The molecule has 0 aliphatic carbocycles. The molecule has 36 heavy (non-hydrogen) atoms. The molecule has 0 amide bonds. The molecular weight excluding hydrogens is 454 g/mol. The van der Waals surface area contributed by atoms with Crippen LogP contribution in [0, 0.1) is 0 Å². The van der Waals surface area contributed by atoms with Gasteiger partial charge in [-0.05, 0) is 62.1 Å². The second kappa shape index (κ2) is 11.6. The number of ether oxygens (including phenoxy) is 3. The molecule has 186 valence electrons. The summed E-state index contributed by atoms with van der Waals surface area (Å²) < 4.78 is 22.4. The zero-order chi connectivity index (χ0) is 25.4. The Hall–Kier alpha value is -4.06. The van der Waals surface area contributed by atoms with E-state index >= 15 is 0 Å². The Morgan fingerprint density at radius 1 is 0.889 bits per heavy atom. The highest BCUT2D eigenvalue weighted by Crippen LogP contribution is 2.26. The maximum Gasteiger partial charge on any atom is 0.350 e. The number of nitrogens with zero attached hydrogens (tertiary/aromatic N) is 1. The average Bonchev–Trinajstić information content (AvgIpc) is 3.38. The fraction of sp³-hybridized carbons (Fsp3) is 0.267. The molecular formula is C30H31NO5. The van der Waals surface area contributed by atoms with Crippen molar-refractivity contribution in [1.29, 1.82) is 0 Å². The summed E-state index contributed by atoms with van der Waals surface area (Å²) in [6.45, 7) is 5.95. The number of esters is 1. The maximum atomic E-state index is 12.2. The fourth-order valence-corrected chi connectivity index (χ4v) is 3.70. The lowest BCUT2D eigenvalue weighted by Gasteiger charge is -2.27. The summed E-state index contributed by atoms with van der Waals surface area (Å²) in [4.78, 5) is 12.2. The quantitative estimate of drug-likeness (QED) is 0.222. The monoisotopic (exact) mass is 485 g/mol. The first-order chi connectivity index (χ1) is 17.5. The van der Waals surface area contributed by atoms with Gasteiger partial charge in [-0.3, -0.25) is 0 Å². The van der Waals surface area contributed by atoms with Crippen LogP contribution in [0.1, 0.15) is 44.1 Å². The largest absolute Gasteiger partial charge is 0.486 e. The van der Waals surface area contributed by atoms with Gasteiger partial charge in [0, 0.05) is 11.6 Å². The van der Waals surface area contributed by atoms with Crippen molar-refractivity contribution in [3.05, 3.63) is 102 Å². The second-order valence-electron chi connectivity index (χ2n) is 8.70.